The van der Waals surface area contributed by atoms with E-state index in [-0.39, 0.29) is 6.04 Å². The minimum atomic E-state index is -0.0316. The van der Waals surface area contributed by atoms with Crippen LogP contribution in [0.4, 0.5) is 0 Å². The molecule has 2 N–H and O–H groups in total. The van der Waals surface area contributed by atoms with Gasteiger partial charge >= 0.3 is 0 Å². The van der Waals surface area contributed by atoms with Gasteiger partial charge in [-0.05, 0) is 44.1 Å². The monoisotopic (exact) mass is 277 g/mol. The molecule has 4 atom stereocenters. The van der Waals surface area contributed by atoms with Crippen molar-refractivity contribution in [2.75, 3.05) is 7.11 Å². The van der Waals surface area contributed by atoms with Crippen LogP contribution in [0.25, 0.3) is 0 Å². The summed E-state index contributed by atoms with van der Waals surface area (Å²) >= 11 is 0. The standard InChI is InChI=1S/C17H27NO2/c1-11-5-6-15(9-12(11)2)20-17-10-14(19-4)7-8-16(17)13(3)18/h7-8,10-13,15H,5-6,9,18H2,1-4H3. The maximum Gasteiger partial charge on any atom is 0.128 e. The smallest absolute Gasteiger partial charge is 0.128 e. The molecule has 1 aromatic carbocycles. The molecule has 2 rings (SSSR count). The summed E-state index contributed by atoms with van der Waals surface area (Å²) in [7, 11) is 1.68. The Kier molecular flexibility index (Phi) is 4.92. The highest BCUT2D eigenvalue weighted by molar-refractivity contribution is 5.42. The second-order valence-electron chi connectivity index (χ2n) is 6.20. The van der Waals surface area contributed by atoms with E-state index in [0.29, 0.717) is 6.10 Å². The Labute approximate surface area is 122 Å². The first-order valence-electron chi connectivity index (χ1n) is 7.61. The second-order valence-corrected chi connectivity index (χ2v) is 6.20. The highest BCUT2D eigenvalue weighted by Crippen LogP contribution is 2.35. The van der Waals surface area contributed by atoms with Crippen LogP contribution in [-0.4, -0.2) is 13.2 Å². The molecule has 0 amide bonds. The van der Waals surface area contributed by atoms with Crippen molar-refractivity contribution in [3.8, 4) is 11.5 Å². The zero-order chi connectivity index (χ0) is 14.7. The van der Waals surface area contributed by atoms with Crippen LogP contribution in [0.15, 0.2) is 18.2 Å². The number of rotatable bonds is 4. The fourth-order valence-electron chi connectivity index (χ4n) is 2.90. The van der Waals surface area contributed by atoms with E-state index in [2.05, 4.69) is 13.8 Å². The lowest BCUT2D eigenvalue weighted by Gasteiger charge is -2.33. The lowest BCUT2D eigenvalue weighted by molar-refractivity contribution is 0.0992. The molecule has 1 aliphatic rings. The van der Waals surface area contributed by atoms with E-state index in [1.807, 2.05) is 25.1 Å². The summed E-state index contributed by atoms with van der Waals surface area (Å²) in [4.78, 5) is 0. The maximum atomic E-state index is 6.25. The molecule has 3 nitrogen and oxygen atoms in total. The molecule has 0 bridgehead atoms. The number of nitrogens with two attached hydrogens (primary N) is 1. The van der Waals surface area contributed by atoms with Gasteiger partial charge in [-0.2, -0.15) is 0 Å². The van der Waals surface area contributed by atoms with Crippen LogP contribution in [0.3, 0.4) is 0 Å². The zero-order valence-corrected chi connectivity index (χ0v) is 13.1. The molecule has 0 aromatic heterocycles. The Morgan fingerprint density at radius 3 is 2.55 bits per heavy atom. The first-order valence-corrected chi connectivity index (χ1v) is 7.61. The summed E-state index contributed by atoms with van der Waals surface area (Å²) in [5.41, 5.74) is 7.09. The molecule has 1 fully saturated rings. The van der Waals surface area contributed by atoms with Gasteiger partial charge in [-0.1, -0.05) is 19.9 Å². The van der Waals surface area contributed by atoms with E-state index in [4.69, 9.17) is 15.2 Å². The van der Waals surface area contributed by atoms with Crippen molar-refractivity contribution in [2.45, 2.75) is 52.2 Å². The van der Waals surface area contributed by atoms with Crippen molar-refractivity contribution in [3.05, 3.63) is 23.8 Å². The van der Waals surface area contributed by atoms with Crippen molar-refractivity contribution in [1.82, 2.24) is 0 Å². The first kappa shape index (κ1) is 15.2. The van der Waals surface area contributed by atoms with Gasteiger partial charge in [-0.3, -0.25) is 0 Å². The molecule has 0 heterocycles. The molecule has 1 saturated carbocycles. The van der Waals surface area contributed by atoms with Gasteiger partial charge < -0.3 is 15.2 Å². The summed E-state index contributed by atoms with van der Waals surface area (Å²) in [6.45, 7) is 6.64. The molecule has 3 heteroatoms. The van der Waals surface area contributed by atoms with E-state index >= 15 is 0 Å². The van der Waals surface area contributed by atoms with Crippen LogP contribution in [0.5, 0.6) is 11.5 Å². The summed E-state index contributed by atoms with van der Waals surface area (Å²) in [6.07, 6.45) is 3.78. The van der Waals surface area contributed by atoms with Crippen LogP contribution in [0.2, 0.25) is 0 Å². The molecular weight excluding hydrogens is 250 g/mol. The molecule has 0 saturated heterocycles. The Bertz CT molecular complexity index is 445. The van der Waals surface area contributed by atoms with E-state index in [0.717, 1.165) is 41.7 Å². The number of benzene rings is 1. The fraction of sp³-hybridized carbons (Fsp3) is 0.647. The van der Waals surface area contributed by atoms with Gasteiger partial charge in [0, 0.05) is 17.7 Å². The number of hydrogen-bond donors (Lipinski definition) is 1. The Morgan fingerprint density at radius 1 is 1.20 bits per heavy atom. The van der Waals surface area contributed by atoms with E-state index < -0.39 is 0 Å². The highest BCUT2D eigenvalue weighted by atomic mass is 16.5. The summed E-state index contributed by atoms with van der Waals surface area (Å²) in [5.74, 6) is 3.22. The zero-order valence-electron chi connectivity index (χ0n) is 13.1. The lowest BCUT2D eigenvalue weighted by atomic mass is 9.80. The molecule has 0 spiro atoms. The molecule has 1 aliphatic carbocycles. The topological polar surface area (TPSA) is 44.5 Å². The Balaban J connectivity index is 2.15. The minimum absolute atomic E-state index is 0.0316. The summed E-state index contributed by atoms with van der Waals surface area (Å²) < 4.78 is 11.5. The van der Waals surface area contributed by atoms with Gasteiger partial charge in [0.05, 0.1) is 13.2 Å². The largest absolute Gasteiger partial charge is 0.497 e. The average Bonchev–Trinajstić information content (AvgIpc) is 2.42. The van der Waals surface area contributed by atoms with Crippen LogP contribution in [0, 0.1) is 11.8 Å². The van der Waals surface area contributed by atoms with E-state index in [1.165, 1.54) is 6.42 Å². The number of methoxy groups -OCH3 is 1. The maximum absolute atomic E-state index is 6.25. The van der Waals surface area contributed by atoms with Crippen LogP contribution in [-0.2, 0) is 0 Å². The van der Waals surface area contributed by atoms with Gasteiger partial charge in [0.25, 0.3) is 0 Å². The van der Waals surface area contributed by atoms with Crippen molar-refractivity contribution in [1.29, 1.82) is 0 Å². The summed E-state index contributed by atoms with van der Waals surface area (Å²) in [6, 6.07) is 5.88. The minimum Gasteiger partial charge on any atom is -0.497 e. The summed E-state index contributed by atoms with van der Waals surface area (Å²) in [5, 5.41) is 0. The predicted octanol–water partition coefficient (Wildman–Crippen LogP) is 3.92. The van der Waals surface area contributed by atoms with Gasteiger partial charge in [0.1, 0.15) is 11.5 Å². The molecule has 0 radical (unpaired) electrons. The van der Waals surface area contributed by atoms with Crippen LogP contribution in [0.1, 0.15) is 51.6 Å². The predicted molar refractivity (Wildman–Crippen MR) is 82.2 cm³/mol. The van der Waals surface area contributed by atoms with Crippen molar-refractivity contribution in [3.63, 3.8) is 0 Å². The Hall–Kier alpha value is -1.22. The SMILES string of the molecule is COc1ccc(C(C)N)c(OC2CCC(C)C(C)C2)c1. The lowest BCUT2D eigenvalue weighted by Crippen LogP contribution is -2.29. The Morgan fingerprint density at radius 2 is 1.95 bits per heavy atom. The van der Waals surface area contributed by atoms with Crippen molar-refractivity contribution >= 4 is 0 Å². The van der Waals surface area contributed by atoms with E-state index in [9.17, 15) is 0 Å². The third kappa shape index (κ3) is 3.45. The molecule has 4 unspecified atom stereocenters. The quantitative estimate of drug-likeness (QED) is 0.907. The molecular formula is C17H27NO2. The van der Waals surface area contributed by atoms with Gasteiger partial charge in [-0.15, -0.1) is 0 Å². The molecule has 1 aromatic rings. The number of ether oxygens (including phenoxy) is 2. The van der Waals surface area contributed by atoms with Gasteiger partial charge in [0.2, 0.25) is 0 Å². The van der Waals surface area contributed by atoms with Gasteiger partial charge in [0.15, 0.2) is 0 Å². The normalized spacial score (nSPS) is 27.9. The first-order chi connectivity index (χ1) is 9.51. The molecule has 0 aliphatic heterocycles. The average molecular weight is 277 g/mol. The van der Waals surface area contributed by atoms with E-state index in [1.54, 1.807) is 7.11 Å². The number of hydrogen-bond acceptors (Lipinski definition) is 3. The molecule has 112 valence electrons. The van der Waals surface area contributed by atoms with Crippen molar-refractivity contribution < 1.29 is 9.47 Å². The van der Waals surface area contributed by atoms with Gasteiger partial charge in [-0.25, -0.2) is 0 Å². The highest BCUT2D eigenvalue weighted by Gasteiger charge is 2.26. The second kappa shape index (κ2) is 6.49. The van der Waals surface area contributed by atoms with Crippen molar-refractivity contribution in [2.24, 2.45) is 17.6 Å². The third-order valence-electron chi connectivity index (χ3n) is 4.55. The molecule has 20 heavy (non-hydrogen) atoms. The third-order valence-corrected chi connectivity index (χ3v) is 4.55. The van der Waals surface area contributed by atoms with Crippen LogP contribution >= 0.6 is 0 Å². The van der Waals surface area contributed by atoms with Crippen LogP contribution < -0.4 is 15.2 Å². The fourth-order valence-corrected chi connectivity index (χ4v) is 2.90.